The van der Waals surface area contributed by atoms with Crippen LogP contribution in [-0.4, -0.2) is 0 Å². The van der Waals surface area contributed by atoms with E-state index in [-0.39, 0.29) is 0 Å². The number of hydrogen-bond donors (Lipinski definition) is 0. The van der Waals surface area contributed by atoms with Crippen molar-refractivity contribution in [2.24, 2.45) is 5.92 Å². The minimum absolute atomic E-state index is 0.863. The standard InChI is InChI=1S/C7H15/c1-4-5-6-7(2)3/h7H,1,4-6H2,2-3H3. The summed E-state index contributed by atoms with van der Waals surface area (Å²) in [5.74, 6) is 0.863. The number of rotatable bonds is 3. The first-order chi connectivity index (χ1) is 3.27. The fraction of sp³-hybridized carbons (Fsp3) is 0.857. The van der Waals surface area contributed by atoms with Crippen LogP contribution in [0.2, 0.25) is 0 Å². The first kappa shape index (κ1) is 7.00. The molecule has 1 radical (unpaired) electrons. The zero-order valence-electron chi connectivity index (χ0n) is 5.41. The Hall–Kier alpha value is 0. The van der Waals surface area contributed by atoms with Gasteiger partial charge >= 0.3 is 0 Å². The Bertz CT molecular complexity index is 29.0. The van der Waals surface area contributed by atoms with Crippen LogP contribution in [0.15, 0.2) is 0 Å². The molecule has 0 atom stereocenters. The molecule has 0 N–H and O–H groups in total. The number of hydrogen-bond acceptors (Lipinski definition) is 0. The molecule has 0 bridgehead atoms. The molecule has 0 rings (SSSR count). The Balaban J connectivity index is 2.68. The molecule has 0 unspecified atom stereocenters. The minimum Gasteiger partial charge on any atom is -0.0628 e. The fourth-order valence-corrected chi connectivity index (χ4v) is 0.553. The molecule has 7 heavy (non-hydrogen) atoms. The summed E-state index contributed by atoms with van der Waals surface area (Å²) in [6.45, 7) is 8.25. The Morgan fingerprint density at radius 1 is 1.43 bits per heavy atom. The van der Waals surface area contributed by atoms with E-state index in [1.54, 1.807) is 0 Å². The van der Waals surface area contributed by atoms with Crippen molar-refractivity contribution in [3.05, 3.63) is 6.92 Å². The second kappa shape index (κ2) is 4.17. The third-order valence-electron chi connectivity index (χ3n) is 1.03. The van der Waals surface area contributed by atoms with Crippen molar-refractivity contribution in [1.29, 1.82) is 0 Å². The van der Waals surface area contributed by atoms with Gasteiger partial charge in [-0.15, -0.1) is 0 Å². The summed E-state index contributed by atoms with van der Waals surface area (Å²) in [5, 5.41) is 0. The lowest BCUT2D eigenvalue weighted by Gasteiger charge is -1.98. The van der Waals surface area contributed by atoms with E-state index in [2.05, 4.69) is 20.8 Å². The van der Waals surface area contributed by atoms with Crippen molar-refractivity contribution in [2.75, 3.05) is 0 Å². The maximum absolute atomic E-state index is 3.76. The Morgan fingerprint density at radius 2 is 2.00 bits per heavy atom. The average molecular weight is 99.2 g/mol. The molecule has 0 aliphatic rings. The van der Waals surface area contributed by atoms with E-state index in [4.69, 9.17) is 0 Å². The fourth-order valence-electron chi connectivity index (χ4n) is 0.553. The van der Waals surface area contributed by atoms with E-state index in [0.29, 0.717) is 0 Å². The molecule has 0 spiro atoms. The van der Waals surface area contributed by atoms with Gasteiger partial charge in [-0.2, -0.15) is 0 Å². The van der Waals surface area contributed by atoms with Crippen molar-refractivity contribution >= 4 is 0 Å². The van der Waals surface area contributed by atoms with E-state index in [9.17, 15) is 0 Å². The third kappa shape index (κ3) is 6.00. The molecule has 0 heteroatoms. The second-order valence-corrected chi connectivity index (χ2v) is 2.39. The van der Waals surface area contributed by atoms with Crippen molar-refractivity contribution in [3.63, 3.8) is 0 Å². The third-order valence-corrected chi connectivity index (χ3v) is 1.03. The highest BCUT2D eigenvalue weighted by molar-refractivity contribution is 4.46. The van der Waals surface area contributed by atoms with E-state index in [0.717, 1.165) is 12.3 Å². The Kier molecular flexibility index (Phi) is 4.17. The average Bonchev–Trinajstić information content (AvgIpc) is 1.61. The van der Waals surface area contributed by atoms with Crippen LogP contribution < -0.4 is 0 Å². The van der Waals surface area contributed by atoms with Gasteiger partial charge in [-0.1, -0.05) is 40.0 Å². The largest absolute Gasteiger partial charge is 0.0628 e. The molecule has 0 aliphatic carbocycles. The topological polar surface area (TPSA) is 0 Å². The molecule has 0 aliphatic heterocycles. The van der Waals surface area contributed by atoms with Gasteiger partial charge in [-0.05, 0) is 5.92 Å². The first-order valence-electron chi connectivity index (χ1n) is 3.06. The maximum Gasteiger partial charge on any atom is -0.0471 e. The molecule has 0 saturated carbocycles. The molecule has 0 fully saturated rings. The van der Waals surface area contributed by atoms with Gasteiger partial charge in [0, 0.05) is 0 Å². The zero-order chi connectivity index (χ0) is 5.70. The monoisotopic (exact) mass is 99.1 g/mol. The zero-order valence-corrected chi connectivity index (χ0v) is 5.41. The molecular weight excluding hydrogens is 84.1 g/mol. The van der Waals surface area contributed by atoms with Crippen LogP contribution in [0.1, 0.15) is 33.1 Å². The minimum atomic E-state index is 0.863. The van der Waals surface area contributed by atoms with Crippen molar-refractivity contribution < 1.29 is 0 Å². The summed E-state index contributed by atoms with van der Waals surface area (Å²) in [6, 6.07) is 0. The van der Waals surface area contributed by atoms with Crippen LogP contribution in [0.5, 0.6) is 0 Å². The van der Waals surface area contributed by atoms with Crippen LogP contribution in [0.4, 0.5) is 0 Å². The van der Waals surface area contributed by atoms with E-state index in [1.807, 2.05) is 0 Å². The van der Waals surface area contributed by atoms with Crippen molar-refractivity contribution in [2.45, 2.75) is 33.1 Å². The van der Waals surface area contributed by atoms with Gasteiger partial charge in [0.2, 0.25) is 0 Å². The second-order valence-electron chi connectivity index (χ2n) is 2.39. The normalized spacial score (nSPS) is 10.3. The molecule has 0 aromatic heterocycles. The lowest BCUT2D eigenvalue weighted by molar-refractivity contribution is 0.559. The van der Waals surface area contributed by atoms with Crippen LogP contribution in [0, 0.1) is 12.8 Å². The van der Waals surface area contributed by atoms with Gasteiger partial charge in [-0.3, -0.25) is 0 Å². The first-order valence-corrected chi connectivity index (χ1v) is 3.06. The molecule has 0 nitrogen and oxygen atoms in total. The van der Waals surface area contributed by atoms with E-state index >= 15 is 0 Å². The van der Waals surface area contributed by atoms with Gasteiger partial charge in [0.15, 0.2) is 0 Å². The molecule has 0 aromatic rings. The SMILES string of the molecule is [CH2]CCCC(C)C. The molecular formula is C7H15. The molecule has 43 valence electrons. The summed E-state index contributed by atoms with van der Waals surface area (Å²) < 4.78 is 0. The summed E-state index contributed by atoms with van der Waals surface area (Å²) in [4.78, 5) is 0. The van der Waals surface area contributed by atoms with Crippen molar-refractivity contribution in [1.82, 2.24) is 0 Å². The Labute approximate surface area is 46.9 Å². The van der Waals surface area contributed by atoms with Gasteiger partial charge in [0.1, 0.15) is 0 Å². The summed E-state index contributed by atoms with van der Waals surface area (Å²) in [5.41, 5.74) is 0. The van der Waals surface area contributed by atoms with Crippen LogP contribution in [-0.2, 0) is 0 Å². The van der Waals surface area contributed by atoms with Crippen molar-refractivity contribution in [3.8, 4) is 0 Å². The highest BCUT2D eigenvalue weighted by Crippen LogP contribution is 2.04. The molecule has 0 amide bonds. The number of unbranched alkanes of at least 4 members (excludes halogenated alkanes) is 1. The van der Waals surface area contributed by atoms with Gasteiger partial charge < -0.3 is 0 Å². The predicted molar refractivity (Wildman–Crippen MR) is 34.0 cm³/mol. The van der Waals surface area contributed by atoms with E-state index in [1.165, 1.54) is 12.8 Å². The highest BCUT2D eigenvalue weighted by Gasteiger charge is 1.88. The lowest BCUT2D eigenvalue weighted by atomic mass is 10.1. The molecule has 0 heterocycles. The van der Waals surface area contributed by atoms with E-state index < -0.39 is 0 Å². The van der Waals surface area contributed by atoms with Crippen LogP contribution in [0.3, 0.4) is 0 Å². The summed E-state index contributed by atoms with van der Waals surface area (Å²) in [7, 11) is 0. The molecule has 0 aromatic carbocycles. The highest BCUT2D eigenvalue weighted by atomic mass is 13.9. The lowest BCUT2D eigenvalue weighted by Crippen LogP contribution is -1.84. The Morgan fingerprint density at radius 3 is 2.14 bits per heavy atom. The van der Waals surface area contributed by atoms with Gasteiger partial charge in [-0.25, -0.2) is 0 Å². The quantitative estimate of drug-likeness (QED) is 0.510. The predicted octanol–water partition coefficient (Wildman–Crippen LogP) is 2.65. The van der Waals surface area contributed by atoms with Gasteiger partial charge in [0.25, 0.3) is 0 Å². The maximum atomic E-state index is 3.76. The van der Waals surface area contributed by atoms with Gasteiger partial charge in [0.05, 0.1) is 0 Å². The summed E-state index contributed by atoms with van der Waals surface area (Å²) in [6.07, 6.45) is 3.72. The smallest absolute Gasteiger partial charge is 0.0471 e. The van der Waals surface area contributed by atoms with Crippen LogP contribution in [0.25, 0.3) is 0 Å². The van der Waals surface area contributed by atoms with Crippen LogP contribution >= 0.6 is 0 Å². The summed E-state index contributed by atoms with van der Waals surface area (Å²) >= 11 is 0. The molecule has 0 saturated heterocycles.